The average molecular weight is 367 g/mol. The fraction of sp³-hybridized carbons (Fsp3) is 0.100. The first-order chi connectivity index (χ1) is 12.6. The van der Waals surface area contributed by atoms with Gasteiger partial charge in [-0.2, -0.15) is 5.26 Å². The Kier molecular flexibility index (Phi) is 5.57. The van der Waals surface area contributed by atoms with E-state index in [-0.39, 0.29) is 18.3 Å². The minimum atomic E-state index is -0.351. The van der Waals surface area contributed by atoms with Gasteiger partial charge in [-0.1, -0.05) is 23.7 Å². The Morgan fingerprint density at radius 2 is 1.81 bits per heavy atom. The SMILES string of the molecule is N#CCc1ccc(NC(=O)c2ccc(COc3ccc(Cl)cc3)o2)cc1. The summed E-state index contributed by atoms with van der Waals surface area (Å²) in [6.45, 7) is 0.206. The second kappa shape index (κ2) is 8.24. The lowest BCUT2D eigenvalue weighted by atomic mass is 10.1. The Morgan fingerprint density at radius 1 is 1.08 bits per heavy atom. The molecule has 0 bridgehead atoms. The van der Waals surface area contributed by atoms with Crippen molar-refractivity contribution in [2.24, 2.45) is 0 Å². The van der Waals surface area contributed by atoms with Crippen LogP contribution in [0.1, 0.15) is 21.9 Å². The molecule has 3 rings (SSSR count). The molecule has 6 heteroatoms. The maximum Gasteiger partial charge on any atom is 0.291 e. The van der Waals surface area contributed by atoms with E-state index in [1.54, 1.807) is 60.7 Å². The number of anilines is 1. The number of nitriles is 1. The van der Waals surface area contributed by atoms with Crippen molar-refractivity contribution in [1.29, 1.82) is 5.26 Å². The van der Waals surface area contributed by atoms with Gasteiger partial charge in [0.05, 0.1) is 12.5 Å². The molecule has 0 aliphatic rings. The maximum atomic E-state index is 12.2. The van der Waals surface area contributed by atoms with Crippen molar-refractivity contribution < 1.29 is 13.9 Å². The highest BCUT2D eigenvalue weighted by Gasteiger charge is 2.12. The van der Waals surface area contributed by atoms with E-state index in [2.05, 4.69) is 11.4 Å². The number of nitrogens with one attached hydrogen (secondary N) is 1. The minimum Gasteiger partial charge on any atom is -0.486 e. The van der Waals surface area contributed by atoms with E-state index >= 15 is 0 Å². The number of amides is 1. The van der Waals surface area contributed by atoms with Crippen molar-refractivity contribution in [1.82, 2.24) is 0 Å². The fourth-order valence-corrected chi connectivity index (χ4v) is 2.38. The van der Waals surface area contributed by atoms with Gasteiger partial charge >= 0.3 is 0 Å². The van der Waals surface area contributed by atoms with Gasteiger partial charge in [0.25, 0.3) is 5.91 Å². The Hall–Kier alpha value is -3.23. The minimum absolute atomic E-state index is 0.195. The first-order valence-corrected chi connectivity index (χ1v) is 8.26. The zero-order chi connectivity index (χ0) is 18.4. The van der Waals surface area contributed by atoms with Gasteiger partial charge in [0.1, 0.15) is 18.1 Å². The van der Waals surface area contributed by atoms with E-state index in [0.29, 0.717) is 28.6 Å². The summed E-state index contributed by atoms with van der Waals surface area (Å²) in [4.78, 5) is 12.2. The van der Waals surface area contributed by atoms with Crippen LogP contribution >= 0.6 is 11.6 Å². The summed E-state index contributed by atoms with van der Waals surface area (Å²) < 4.78 is 11.1. The summed E-state index contributed by atoms with van der Waals surface area (Å²) in [6, 6.07) is 19.5. The second-order valence-electron chi connectivity index (χ2n) is 5.49. The number of rotatable bonds is 6. The molecular weight excluding hydrogens is 352 g/mol. The van der Waals surface area contributed by atoms with Crippen LogP contribution in [-0.2, 0) is 13.0 Å². The van der Waals surface area contributed by atoms with E-state index in [4.69, 9.17) is 26.0 Å². The number of halogens is 1. The fourth-order valence-electron chi connectivity index (χ4n) is 2.25. The van der Waals surface area contributed by atoms with Crippen molar-refractivity contribution >= 4 is 23.2 Å². The number of furan rings is 1. The van der Waals surface area contributed by atoms with E-state index in [0.717, 1.165) is 5.56 Å². The molecule has 1 N–H and O–H groups in total. The van der Waals surface area contributed by atoms with Gasteiger partial charge in [0, 0.05) is 10.7 Å². The monoisotopic (exact) mass is 366 g/mol. The van der Waals surface area contributed by atoms with Crippen molar-refractivity contribution in [2.75, 3.05) is 5.32 Å². The second-order valence-corrected chi connectivity index (χ2v) is 5.93. The molecule has 0 saturated carbocycles. The van der Waals surface area contributed by atoms with E-state index in [1.807, 2.05) is 0 Å². The van der Waals surface area contributed by atoms with Gasteiger partial charge in [-0.3, -0.25) is 4.79 Å². The number of nitrogens with zero attached hydrogens (tertiary/aromatic N) is 1. The highest BCUT2D eigenvalue weighted by molar-refractivity contribution is 6.30. The molecule has 2 aromatic carbocycles. The highest BCUT2D eigenvalue weighted by Crippen LogP contribution is 2.18. The van der Waals surface area contributed by atoms with Gasteiger partial charge in [-0.05, 0) is 54.1 Å². The normalized spacial score (nSPS) is 10.2. The summed E-state index contributed by atoms with van der Waals surface area (Å²) in [5, 5.41) is 12.0. The Labute approximate surface area is 155 Å². The van der Waals surface area contributed by atoms with E-state index in [1.165, 1.54) is 0 Å². The van der Waals surface area contributed by atoms with Gasteiger partial charge < -0.3 is 14.5 Å². The molecule has 130 valence electrons. The molecule has 0 atom stereocenters. The maximum absolute atomic E-state index is 12.2. The van der Waals surface area contributed by atoms with Gasteiger partial charge in [-0.15, -0.1) is 0 Å². The predicted molar refractivity (Wildman–Crippen MR) is 98.2 cm³/mol. The summed E-state index contributed by atoms with van der Waals surface area (Å²) in [6.07, 6.45) is 0.337. The van der Waals surface area contributed by atoms with Crippen molar-refractivity contribution in [3.05, 3.63) is 82.8 Å². The number of hydrogen-bond acceptors (Lipinski definition) is 4. The highest BCUT2D eigenvalue weighted by atomic mass is 35.5. The van der Waals surface area contributed by atoms with Crippen LogP contribution in [0.3, 0.4) is 0 Å². The molecule has 3 aromatic rings. The van der Waals surface area contributed by atoms with Crippen LogP contribution < -0.4 is 10.1 Å². The van der Waals surface area contributed by atoms with Crippen LogP contribution in [0.2, 0.25) is 5.02 Å². The number of carbonyl (C=O) groups is 1. The molecule has 5 nitrogen and oxygen atoms in total. The predicted octanol–water partition coefficient (Wildman–Crippen LogP) is 4.83. The largest absolute Gasteiger partial charge is 0.486 e. The number of ether oxygens (including phenoxy) is 1. The first-order valence-electron chi connectivity index (χ1n) is 7.88. The van der Waals surface area contributed by atoms with Crippen LogP contribution in [0.15, 0.2) is 65.1 Å². The van der Waals surface area contributed by atoms with Crippen LogP contribution in [0, 0.1) is 11.3 Å². The number of hydrogen-bond donors (Lipinski definition) is 1. The van der Waals surface area contributed by atoms with E-state index < -0.39 is 0 Å². The lowest BCUT2D eigenvalue weighted by Gasteiger charge is -2.05. The third-order valence-electron chi connectivity index (χ3n) is 3.58. The van der Waals surface area contributed by atoms with Crippen LogP contribution in [-0.4, -0.2) is 5.91 Å². The molecule has 1 heterocycles. The first kappa shape index (κ1) is 17.6. The van der Waals surface area contributed by atoms with Gasteiger partial charge in [0.15, 0.2) is 5.76 Å². The molecule has 0 fully saturated rings. The molecule has 0 aliphatic carbocycles. The standard InChI is InChI=1S/C20H15ClN2O3/c21-15-3-7-17(8-4-15)25-13-18-9-10-19(26-18)20(24)23-16-5-1-14(2-6-16)11-12-22/h1-10H,11,13H2,(H,23,24). The van der Waals surface area contributed by atoms with Crippen LogP contribution in [0.4, 0.5) is 5.69 Å². The molecule has 1 amide bonds. The van der Waals surface area contributed by atoms with Crippen LogP contribution in [0.25, 0.3) is 0 Å². The quantitative estimate of drug-likeness (QED) is 0.677. The molecule has 0 spiro atoms. The molecule has 0 radical (unpaired) electrons. The topological polar surface area (TPSA) is 75.3 Å². The van der Waals surface area contributed by atoms with Gasteiger partial charge in [0.2, 0.25) is 0 Å². The number of benzene rings is 2. The lowest BCUT2D eigenvalue weighted by Crippen LogP contribution is -2.10. The summed E-state index contributed by atoms with van der Waals surface area (Å²) in [5.41, 5.74) is 1.53. The summed E-state index contributed by atoms with van der Waals surface area (Å²) in [5.74, 6) is 1.04. The molecular formula is C20H15ClN2O3. The molecule has 0 aliphatic heterocycles. The smallest absolute Gasteiger partial charge is 0.291 e. The molecule has 1 aromatic heterocycles. The summed E-state index contributed by atoms with van der Waals surface area (Å²) >= 11 is 5.83. The van der Waals surface area contributed by atoms with Crippen molar-refractivity contribution in [3.63, 3.8) is 0 Å². The zero-order valence-corrected chi connectivity index (χ0v) is 14.5. The van der Waals surface area contributed by atoms with E-state index in [9.17, 15) is 4.79 Å². The number of carbonyl (C=O) groups excluding carboxylic acids is 1. The molecule has 0 saturated heterocycles. The Balaban J connectivity index is 1.57. The summed E-state index contributed by atoms with van der Waals surface area (Å²) in [7, 11) is 0. The van der Waals surface area contributed by atoms with Crippen molar-refractivity contribution in [2.45, 2.75) is 13.0 Å². The molecule has 26 heavy (non-hydrogen) atoms. The zero-order valence-electron chi connectivity index (χ0n) is 13.7. The Morgan fingerprint density at radius 3 is 2.50 bits per heavy atom. The third-order valence-corrected chi connectivity index (χ3v) is 3.83. The van der Waals surface area contributed by atoms with Crippen LogP contribution in [0.5, 0.6) is 5.75 Å². The van der Waals surface area contributed by atoms with Gasteiger partial charge in [-0.25, -0.2) is 0 Å². The molecule has 0 unspecified atom stereocenters. The third kappa shape index (κ3) is 4.65. The average Bonchev–Trinajstić information content (AvgIpc) is 3.12. The van der Waals surface area contributed by atoms with Crippen molar-refractivity contribution in [3.8, 4) is 11.8 Å². The Bertz CT molecular complexity index is 925. The lowest BCUT2D eigenvalue weighted by molar-refractivity contribution is 0.0992.